The third-order valence-corrected chi connectivity index (χ3v) is 11.7. The number of thioether (sulfide) groups is 1. The molecular formula is C31H49BrN2O5S. The van der Waals surface area contributed by atoms with Gasteiger partial charge in [0.15, 0.2) is 0 Å². The van der Waals surface area contributed by atoms with Crippen molar-refractivity contribution in [1.82, 2.24) is 9.80 Å². The van der Waals surface area contributed by atoms with Crippen molar-refractivity contribution in [3.63, 3.8) is 0 Å². The Balaban J connectivity index is 2.02. The van der Waals surface area contributed by atoms with E-state index >= 15 is 0 Å². The summed E-state index contributed by atoms with van der Waals surface area (Å²) in [6, 6.07) is -0.664. The predicted octanol–water partition coefficient (Wildman–Crippen LogP) is 5.35. The van der Waals surface area contributed by atoms with Crippen molar-refractivity contribution in [2.45, 2.75) is 106 Å². The molecule has 3 heterocycles. The van der Waals surface area contributed by atoms with Crippen molar-refractivity contribution >= 4 is 45.5 Å². The van der Waals surface area contributed by atoms with Crippen LogP contribution >= 0.6 is 27.7 Å². The highest BCUT2D eigenvalue weighted by Gasteiger charge is 2.76. The van der Waals surface area contributed by atoms with Crippen LogP contribution in [-0.2, 0) is 19.1 Å². The molecule has 40 heavy (non-hydrogen) atoms. The van der Waals surface area contributed by atoms with E-state index < -0.39 is 28.2 Å². The predicted molar refractivity (Wildman–Crippen MR) is 165 cm³/mol. The molecule has 0 aromatic carbocycles. The second-order valence-corrected chi connectivity index (χ2v) is 16.1. The lowest BCUT2D eigenvalue weighted by Gasteiger charge is -2.46. The number of hydrogen-bond donors (Lipinski definition) is 1. The summed E-state index contributed by atoms with van der Waals surface area (Å²) in [4.78, 5) is 46.1. The molecule has 1 spiro atoms. The number of amides is 2. The number of hydrogen-bond acceptors (Lipinski definition) is 6. The zero-order valence-corrected chi connectivity index (χ0v) is 27.4. The fraction of sp³-hybridized carbons (Fsp3) is 0.774. The highest BCUT2D eigenvalue weighted by Crippen LogP contribution is 2.68. The molecule has 0 aromatic rings. The Morgan fingerprint density at radius 3 is 2.45 bits per heavy atom. The van der Waals surface area contributed by atoms with Gasteiger partial charge < -0.3 is 19.6 Å². The van der Waals surface area contributed by atoms with Gasteiger partial charge in [-0.05, 0) is 51.4 Å². The summed E-state index contributed by atoms with van der Waals surface area (Å²) < 4.78 is 4.93. The molecule has 0 saturated carbocycles. The molecule has 3 unspecified atom stereocenters. The second-order valence-electron chi connectivity index (χ2n) is 13.4. The van der Waals surface area contributed by atoms with Crippen LogP contribution in [0.25, 0.3) is 0 Å². The maximum absolute atomic E-state index is 14.8. The molecule has 6 atom stereocenters. The van der Waals surface area contributed by atoms with Gasteiger partial charge >= 0.3 is 5.97 Å². The lowest BCUT2D eigenvalue weighted by atomic mass is 9.70. The zero-order valence-electron chi connectivity index (χ0n) is 25.0. The third kappa shape index (κ3) is 6.67. The number of carbonyl (C=O) groups excluding carboxylic acids is 3. The number of aliphatic hydroxyl groups excluding tert-OH is 1. The smallest absolute Gasteiger partial charge is 0.310 e. The minimum atomic E-state index is -0.697. The Morgan fingerprint density at radius 2 is 1.85 bits per heavy atom. The first-order chi connectivity index (χ1) is 18.8. The maximum atomic E-state index is 14.8. The quantitative estimate of drug-likeness (QED) is 0.112. The number of alkyl halides is 1. The molecule has 2 amide bonds. The van der Waals surface area contributed by atoms with Gasteiger partial charge in [-0.25, -0.2) is 0 Å². The van der Waals surface area contributed by atoms with Gasteiger partial charge in [-0.3, -0.25) is 14.4 Å². The Kier molecular flexibility index (Phi) is 11.1. The zero-order chi connectivity index (χ0) is 29.9. The van der Waals surface area contributed by atoms with Crippen LogP contribution in [0.15, 0.2) is 25.3 Å². The summed E-state index contributed by atoms with van der Waals surface area (Å²) in [5.41, 5.74) is -0.476. The fourth-order valence-corrected chi connectivity index (χ4v) is 10.9. The van der Waals surface area contributed by atoms with E-state index in [0.717, 1.165) is 32.1 Å². The number of carbonyl (C=O) groups is 3. The summed E-state index contributed by atoms with van der Waals surface area (Å²) in [7, 11) is 0. The van der Waals surface area contributed by atoms with Crippen LogP contribution in [0.5, 0.6) is 0 Å². The van der Waals surface area contributed by atoms with E-state index in [-0.39, 0.29) is 46.5 Å². The van der Waals surface area contributed by atoms with E-state index in [0.29, 0.717) is 25.9 Å². The average Bonchev–Trinajstić information content (AvgIpc) is 3.44. The molecule has 3 aliphatic heterocycles. The minimum Gasteiger partial charge on any atom is -0.465 e. The topological polar surface area (TPSA) is 87.1 Å². The molecule has 226 valence electrons. The molecule has 1 N–H and O–H groups in total. The highest BCUT2D eigenvalue weighted by molar-refractivity contribution is 9.09. The minimum absolute atomic E-state index is 0.00810. The van der Waals surface area contributed by atoms with Crippen LogP contribution < -0.4 is 0 Å². The first-order valence-corrected chi connectivity index (χ1v) is 16.5. The van der Waals surface area contributed by atoms with Gasteiger partial charge in [-0.2, -0.15) is 0 Å². The second kappa shape index (κ2) is 13.3. The van der Waals surface area contributed by atoms with Crippen molar-refractivity contribution in [1.29, 1.82) is 0 Å². The van der Waals surface area contributed by atoms with Crippen molar-refractivity contribution in [3.8, 4) is 0 Å². The average molecular weight is 642 g/mol. The van der Waals surface area contributed by atoms with E-state index in [9.17, 15) is 19.5 Å². The van der Waals surface area contributed by atoms with Crippen LogP contribution in [0, 0.1) is 17.3 Å². The molecular weight excluding hydrogens is 592 g/mol. The lowest BCUT2D eigenvalue weighted by Crippen LogP contribution is -2.60. The van der Waals surface area contributed by atoms with E-state index in [4.69, 9.17) is 4.74 Å². The summed E-state index contributed by atoms with van der Waals surface area (Å²) >= 11 is 5.47. The largest absolute Gasteiger partial charge is 0.465 e. The maximum Gasteiger partial charge on any atom is 0.310 e. The Morgan fingerprint density at radius 1 is 1.18 bits per heavy atom. The number of rotatable bonds is 15. The molecule has 0 radical (unpaired) electrons. The van der Waals surface area contributed by atoms with E-state index in [2.05, 4.69) is 63.7 Å². The van der Waals surface area contributed by atoms with Crippen LogP contribution in [0.3, 0.4) is 0 Å². The van der Waals surface area contributed by atoms with Crippen LogP contribution in [0.1, 0.15) is 79.6 Å². The third-order valence-electron chi connectivity index (χ3n) is 8.44. The first-order valence-electron chi connectivity index (χ1n) is 14.7. The molecule has 3 rings (SSSR count). The van der Waals surface area contributed by atoms with Gasteiger partial charge in [0.25, 0.3) is 0 Å². The number of aliphatic hydroxyl groups is 1. The summed E-state index contributed by atoms with van der Waals surface area (Å²) in [5.74, 6) is -1.70. The number of halogens is 1. The molecule has 2 bridgehead atoms. The van der Waals surface area contributed by atoms with Crippen LogP contribution in [0.2, 0.25) is 0 Å². The summed E-state index contributed by atoms with van der Waals surface area (Å²) in [5, 5.41) is 9.06. The molecule has 3 fully saturated rings. The Hall–Kier alpha value is -1.32. The van der Waals surface area contributed by atoms with E-state index in [1.54, 1.807) is 28.8 Å². The molecule has 7 nitrogen and oxygen atoms in total. The molecule has 3 saturated heterocycles. The monoisotopic (exact) mass is 640 g/mol. The van der Waals surface area contributed by atoms with E-state index in [1.165, 1.54) is 0 Å². The molecule has 0 aromatic heterocycles. The molecule has 0 aliphatic carbocycles. The van der Waals surface area contributed by atoms with E-state index in [1.807, 2.05) is 4.90 Å². The number of likely N-dealkylation sites (tertiary alicyclic amines) is 1. The highest BCUT2D eigenvalue weighted by atomic mass is 79.9. The normalized spacial score (nSPS) is 29.4. The number of nitrogens with zero attached hydrogens (tertiary/aromatic N) is 2. The standard InChI is InChI=1S/C31H49BrN2O5S/c1-8-10-18-39-28(38)22-23-26(36)33(16-13-11-12-14-17-35)25(31(23)19-21(32)24(22)40-31)27(37)34(15-9-2)30(6,7)20-29(3,4)5/h8-9,21-25,35H,1-2,10-20H2,3-7H3/t21?,22-,23-,24-,25?,31?/m0/s1. The lowest BCUT2D eigenvalue weighted by molar-refractivity contribution is -0.154. The number of fused-ring (bicyclic) bond motifs is 1. The van der Waals surface area contributed by atoms with Crippen molar-refractivity contribution in [3.05, 3.63) is 25.3 Å². The van der Waals surface area contributed by atoms with Crippen LogP contribution in [0.4, 0.5) is 0 Å². The Labute approximate surface area is 253 Å². The van der Waals surface area contributed by atoms with Gasteiger partial charge in [-0.15, -0.1) is 24.9 Å². The van der Waals surface area contributed by atoms with Crippen LogP contribution in [-0.4, -0.2) is 85.4 Å². The number of esters is 1. The van der Waals surface area contributed by atoms with Crippen molar-refractivity contribution in [2.75, 3.05) is 26.3 Å². The SMILES string of the molecule is C=CCCOC(=O)[C@H]1[C@H]2C(=O)N(CCCCCCO)C(C(=O)N(CC=C)C(C)(C)CC(C)(C)C)C23CC(Br)[C@@H]1S3. The molecule has 3 aliphatic rings. The van der Waals surface area contributed by atoms with Crippen molar-refractivity contribution < 1.29 is 24.2 Å². The number of unbranched alkanes of at least 4 members (excludes halogenated alkanes) is 3. The summed E-state index contributed by atoms with van der Waals surface area (Å²) in [6.07, 6.45) is 8.65. The first kappa shape index (κ1) is 33.2. The fourth-order valence-electron chi connectivity index (χ4n) is 7.31. The van der Waals surface area contributed by atoms with Gasteiger partial charge in [0.05, 0.1) is 23.2 Å². The molecule has 9 heteroatoms. The Bertz CT molecular complexity index is 966. The van der Waals surface area contributed by atoms with Gasteiger partial charge in [0.2, 0.25) is 11.8 Å². The number of ether oxygens (including phenoxy) is 1. The van der Waals surface area contributed by atoms with Gasteiger partial charge in [0, 0.05) is 35.3 Å². The van der Waals surface area contributed by atoms with Gasteiger partial charge in [0.1, 0.15) is 6.04 Å². The van der Waals surface area contributed by atoms with Gasteiger partial charge in [-0.1, -0.05) is 61.7 Å². The van der Waals surface area contributed by atoms with Crippen molar-refractivity contribution in [2.24, 2.45) is 17.3 Å². The summed E-state index contributed by atoms with van der Waals surface area (Å²) in [6.45, 7) is 19.6.